The van der Waals surface area contributed by atoms with Crippen LogP contribution < -0.4 is 4.90 Å². The molecular weight excluding hydrogens is 377 g/mol. The molecule has 0 N–H and O–H groups in total. The molecule has 0 radical (unpaired) electrons. The molecule has 3 atom stereocenters. The third-order valence-electron chi connectivity index (χ3n) is 6.77. The minimum atomic E-state index is 0.256. The average molecular weight is 398 g/mol. The number of anilines is 1. The van der Waals surface area contributed by atoms with Gasteiger partial charge in [0.2, 0.25) is 0 Å². The number of aromatic nitrogens is 2. The first-order valence-electron chi connectivity index (χ1n) is 9.49. The van der Waals surface area contributed by atoms with E-state index in [1.54, 1.807) is 6.33 Å². The van der Waals surface area contributed by atoms with Gasteiger partial charge in [-0.1, -0.05) is 55.2 Å². The van der Waals surface area contributed by atoms with Crippen LogP contribution in [-0.2, 0) is 0 Å². The van der Waals surface area contributed by atoms with Crippen LogP contribution in [0.2, 0.25) is 10.0 Å². The van der Waals surface area contributed by atoms with E-state index in [2.05, 4.69) is 35.9 Å². The van der Waals surface area contributed by atoms with Gasteiger partial charge in [-0.15, -0.1) is 0 Å². The predicted octanol–water partition coefficient (Wildman–Crippen LogP) is 6.23. The fourth-order valence-corrected chi connectivity index (χ4v) is 5.40. The summed E-state index contributed by atoms with van der Waals surface area (Å²) in [6.07, 6.45) is 4.23. The van der Waals surface area contributed by atoms with Crippen molar-refractivity contribution < 1.29 is 0 Å². The molecule has 3 aromatic rings. The molecule has 1 spiro atoms. The Hall–Kier alpha value is -1.84. The molecule has 3 nitrogen and oxygen atoms in total. The molecule has 1 saturated carbocycles. The second-order valence-electron chi connectivity index (χ2n) is 7.97. The number of benzene rings is 2. The lowest BCUT2D eigenvalue weighted by atomic mass is 9.55. The van der Waals surface area contributed by atoms with Gasteiger partial charge < -0.3 is 4.90 Å². The van der Waals surface area contributed by atoms with Gasteiger partial charge in [0.25, 0.3) is 0 Å². The van der Waals surface area contributed by atoms with Crippen molar-refractivity contribution >= 4 is 39.9 Å². The van der Waals surface area contributed by atoms with Crippen molar-refractivity contribution in [1.29, 1.82) is 0 Å². The van der Waals surface area contributed by atoms with Gasteiger partial charge >= 0.3 is 0 Å². The van der Waals surface area contributed by atoms with Crippen molar-refractivity contribution in [3.8, 4) is 11.1 Å². The van der Waals surface area contributed by atoms with Crippen LogP contribution in [0.15, 0.2) is 42.7 Å². The van der Waals surface area contributed by atoms with Crippen LogP contribution in [0.1, 0.15) is 26.7 Å². The van der Waals surface area contributed by atoms with Gasteiger partial charge in [-0.2, -0.15) is 0 Å². The van der Waals surface area contributed by atoms with E-state index in [4.69, 9.17) is 28.2 Å². The van der Waals surface area contributed by atoms with Crippen LogP contribution in [0, 0.1) is 11.8 Å². The SMILES string of the molecule is CC1CCC12C(C)CN2c1ncnc2cccc(-c3ccc(Cl)c(Cl)c3)c12. The zero-order valence-corrected chi connectivity index (χ0v) is 16.9. The van der Waals surface area contributed by atoms with Crippen LogP contribution in [-0.4, -0.2) is 22.1 Å². The molecule has 2 fully saturated rings. The first-order valence-corrected chi connectivity index (χ1v) is 10.2. The molecule has 5 rings (SSSR count). The molecule has 5 heteroatoms. The molecule has 0 bridgehead atoms. The Bertz CT molecular complexity index is 1040. The van der Waals surface area contributed by atoms with E-state index in [0.29, 0.717) is 21.9 Å². The van der Waals surface area contributed by atoms with E-state index >= 15 is 0 Å². The zero-order chi connectivity index (χ0) is 18.8. The summed E-state index contributed by atoms with van der Waals surface area (Å²) in [4.78, 5) is 11.8. The first-order chi connectivity index (χ1) is 13.0. The average Bonchev–Trinajstić information content (AvgIpc) is 2.66. The monoisotopic (exact) mass is 397 g/mol. The molecular formula is C22H21Cl2N3. The number of nitrogens with zero attached hydrogens (tertiary/aromatic N) is 3. The molecule has 1 aromatic heterocycles. The second kappa shape index (κ2) is 6.08. The highest BCUT2D eigenvalue weighted by atomic mass is 35.5. The highest BCUT2D eigenvalue weighted by Crippen LogP contribution is 2.56. The van der Waals surface area contributed by atoms with Crippen LogP contribution >= 0.6 is 23.2 Å². The number of fused-ring (bicyclic) bond motifs is 1. The van der Waals surface area contributed by atoms with E-state index in [0.717, 1.165) is 34.4 Å². The molecule has 3 unspecified atom stereocenters. The van der Waals surface area contributed by atoms with E-state index < -0.39 is 0 Å². The summed E-state index contributed by atoms with van der Waals surface area (Å²) < 4.78 is 0. The van der Waals surface area contributed by atoms with E-state index in [1.807, 2.05) is 24.3 Å². The molecule has 1 aliphatic heterocycles. The van der Waals surface area contributed by atoms with Gasteiger partial charge in [0.15, 0.2) is 0 Å². The number of hydrogen-bond acceptors (Lipinski definition) is 3. The predicted molar refractivity (Wildman–Crippen MR) is 113 cm³/mol. The third kappa shape index (κ3) is 2.34. The highest BCUT2D eigenvalue weighted by molar-refractivity contribution is 6.42. The van der Waals surface area contributed by atoms with Gasteiger partial charge in [0.1, 0.15) is 12.1 Å². The Morgan fingerprint density at radius 3 is 2.56 bits per heavy atom. The van der Waals surface area contributed by atoms with Crippen LogP contribution in [0.3, 0.4) is 0 Å². The van der Waals surface area contributed by atoms with E-state index in [9.17, 15) is 0 Å². The summed E-state index contributed by atoms with van der Waals surface area (Å²) in [6, 6.07) is 12.0. The Kier molecular flexibility index (Phi) is 3.89. The Labute approximate surface area is 169 Å². The summed E-state index contributed by atoms with van der Waals surface area (Å²) in [6.45, 7) is 5.79. The van der Waals surface area contributed by atoms with Crippen LogP contribution in [0.5, 0.6) is 0 Å². The van der Waals surface area contributed by atoms with Crippen molar-refractivity contribution in [1.82, 2.24) is 9.97 Å². The van der Waals surface area contributed by atoms with Gasteiger partial charge in [0, 0.05) is 12.1 Å². The van der Waals surface area contributed by atoms with E-state index in [1.165, 1.54) is 12.8 Å². The van der Waals surface area contributed by atoms with Gasteiger partial charge in [-0.3, -0.25) is 0 Å². The van der Waals surface area contributed by atoms with Gasteiger partial charge in [-0.25, -0.2) is 9.97 Å². The Balaban J connectivity index is 1.72. The van der Waals surface area contributed by atoms with Crippen molar-refractivity contribution in [2.75, 3.05) is 11.4 Å². The largest absolute Gasteiger partial charge is 0.349 e. The molecule has 27 heavy (non-hydrogen) atoms. The topological polar surface area (TPSA) is 29.0 Å². The smallest absolute Gasteiger partial charge is 0.141 e. The minimum absolute atomic E-state index is 0.256. The highest BCUT2D eigenvalue weighted by Gasteiger charge is 2.59. The van der Waals surface area contributed by atoms with Crippen LogP contribution in [0.25, 0.3) is 22.0 Å². The maximum absolute atomic E-state index is 6.30. The fraction of sp³-hybridized carbons (Fsp3) is 0.364. The standard InChI is InChI=1S/C22H21Cl2N3/c1-13-8-9-22(13)14(2)11-27(22)21-20-16(4-3-5-19(20)25-12-26-21)15-6-7-17(23)18(24)10-15/h3-7,10,12-14H,8-9,11H2,1-2H3. The van der Waals surface area contributed by atoms with Crippen molar-refractivity contribution in [2.24, 2.45) is 11.8 Å². The molecule has 0 amide bonds. The molecule has 1 aliphatic carbocycles. The number of hydrogen-bond donors (Lipinski definition) is 0. The van der Waals surface area contributed by atoms with Crippen molar-refractivity contribution in [3.63, 3.8) is 0 Å². The number of halogens is 2. The summed E-state index contributed by atoms with van der Waals surface area (Å²) in [5.74, 6) is 2.44. The molecule has 2 aromatic carbocycles. The fourth-order valence-electron chi connectivity index (χ4n) is 5.10. The van der Waals surface area contributed by atoms with Gasteiger partial charge in [0.05, 0.1) is 20.9 Å². The number of rotatable bonds is 2. The lowest BCUT2D eigenvalue weighted by Crippen LogP contribution is -2.74. The lowest BCUT2D eigenvalue weighted by Gasteiger charge is -2.67. The summed E-state index contributed by atoms with van der Waals surface area (Å²) in [5, 5.41) is 2.23. The first kappa shape index (κ1) is 17.3. The second-order valence-corrected chi connectivity index (χ2v) is 8.78. The quantitative estimate of drug-likeness (QED) is 0.513. The lowest BCUT2D eigenvalue weighted by molar-refractivity contribution is 0.0129. The van der Waals surface area contributed by atoms with Crippen LogP contribution in [0.4, 0.5) is 5.82 Å². The molecule has 138 valence electrons. The summed E-state index contributed by atoms with van der Waals surface area (Å²) in [7, 11) is 0. The Morgan fingerprint density at radius 1 is 1.04 bits per heavy atom. The minimum Gasteiger partial charge on any atom is -0.349 e. The van der Waals surface area contributed by atoms with Gasteiger partial charge in [-0.05, 0) is 54.0 Å². The normalized spacial score (nSPS) is 26.9. The molecule has 1 saturated heterocycles. The Morgan fingerprint density at radius 2 is 1.89 bits per heavy atom. The maximum Gasteiger partial charge on any atom is 0.141 e. The zero-order valence-electron chi connectivity index (χ0n) is 15.4. The van der Waals surface area contributed by atoms with Crippen molar-refractivity contribution in [2.45, 2.75) is 32.2 Å². The summed E-state index contributed by atoms with van der Waals surface area (Å²) >= 11 is 12.4. The van der Waals surface area contributed by atoms with Crippen molar-refractivity contribution in [3.05, 3.63) is 52.8 Å². The maximum atomic E-state index is 6.30. The summed E-state index contributed by atoms with van der Waals surface area (Å²) in [5.41, 5.74) is 3.36. The molecule has 2 heterocycles. The third-order valence-corrected chi connectivity index (χ3v) is 7.51. The van der Waals surface area contributed by atoms with E-state index in [-0.39, 0.29) is 5.54 Å². The molecule has 2 aliphatic rings.